The van der Waals surface area contributed by atoms with Crippen LogP contribution in [0.2, 0.25) is 0 Å². The zero-order chi connectivity index (χ0) is 14.7. The lowest BCUT2D eigenvalue weighted by Gasteiger charge is -2.06. The van der Waals surface area contributed by atoms with E-state index < -0.39 is 0 Å². The summed E-state index contributed by atoms with van der Waals surface area (Å²) in [7, 11) is 0. The fourth-order valence-corrected chi connectivity index (χ4v) is 1.99. The molecule has 3 rings (SSSR count). The molecule has 0 saturated heterocycles. The van der Waals surface area contributed by atoms with E-state index in [1.807, 2.05) is 44.2 Å². The molecule has 0 bridgehead atoms. The van der Waals surface area contributed by atoms with Crippen molar-refractivity contribution < 1.29 is 9.15 Å². The van der Waals surface area contributed by atoms with Crippen LogP contribution in [-0.2, 0) is 0 Å². The van der Waals surface area contributed by atoms with Gasteiger partial charge in [0.2, 0.25) is 11.8 Å². The van der Waals surface area contributed by atoms with Gasteiger partial charge in [-0.15, -0.1) is 0 Å². The van der Waals surface area contributed by atoms with Gasteiger partial charge in [-0.2, -0.15) is 15.0 Å². The van der Waals surface area contributed by atoms with Crippen LogP contribution in [0.4, 0.5) is 5.95 Å². The minimum Gasteiger partial charge on any atom is -0.464 e. The topological polar surface area (TPSA) is 73.1 Å². The average molecular weight is 284 g/mol. The molecule has 108 valence electrons. The summed E-state index contributed by atoms with van der Waals surface area (Å²) >= 11 is 0. The van der Waals surface area contributed by atoms with Crippen molar-refractivity contribution in [2.45, 2.75) is 13.8 Å². The van der Waals surface area contributed by atoms with Gasteiger partial charge in [-0.3, -0.25) is 0 Å². The Kier molecular flexibility index (Phi) is 3.68. The monoisotopic (exact) mass is 284 g/mol. The number of rotatable bonds is 5. The largest absolute Gasteiger partial charge is 0.464 e. The molecule has 21 heavy (non-hydrogen) atoms. The molecule has 6 nitrogen and oxygen atoms in total. The smallest absolute Gasteiger partial charge is 0.321 e. The van der Waals surface area contributed by atoms with Crippen molar-refractivity contribution in [2.75, 3.05) is 18.5 Å². The number of anilines is 1. The maximum atomic E-state index is 5.78. The maximum Gasteiger partial charge on any atom is 0.321 e. The summed E-state index contributed by atoms with van der Waals surface area (Å²) in [6.45, 7) is 5.08. The number of hydrogen-bond acceptors (Lipinski definition) is 6. The second kappa shape index (κ2) is 5.78. The first kappa shape index (κ1) is 13.4. The van der Waals surface area contributed by atoms with E-state index in [9.17, 15) is 0 Å². The molecule has 0 amide bonds. The second-order valence-electron chi connectivity index (χ2n) is 4.38. The summed E-state index contributed by atoms with van der Waals surface area (Å²) in [4.78, 5) is 12.9. The lowest BCUT2D eigenvalue weighted by molar-refractivity contribution is 0.312. The molecule has 0 atom stereocenters. The normalized spacial score (nSPS) is 10.8. The van der Waals surface area contributed by atoms with Crippen molar-refractivity contribution in [1.29, 1.82) is 0 Å². The summed E-state index contributed by atoms with van der Waals surface area (Å²) in [5.74, 6) is 1.53. The van der Waals surface area contributed by atoms with Crippen molar-refractivity contribution in [1.82, 2.24) is 15.0 Å². The van der Waals surface area contributed by atoms with E-state index >= 15 is 0 Å². The summed E-state index contributed by atoms with van der Waals surface area (Å²) in [6, 6.07) is 9.99. The van der Waals surface area contributed by atoms with Crippen molar-refractivity contribution >= 4 is 16.9 Å². The van der Waals surface area contributed by atoms with Gasteiger partial charge in [0.15, 0.2) is 5.76 Å². The minimum atomic E-state index is 0.291. The molecule has 0 aliphatic heterocycles. The third-order valence-corrected chi connectivity index (χ3v) is 2.87. The minimum absolute atomic E-state index is 0.291. The third-order valence-electron chi connectivity index (χ3n) is 2.87. The first-order valence-corrected chi connectivity index (χ1v) is 6.92. The third kappa shape index (κ3) is 2.79. The molecule has 0 fully saturated rings. The predicted octanol–water partition coefficient (Wildman–Crippen LogP) is 3.12. The predicted molar refractivity (Wildman–Crippen MR) is 80.4 cm³/mol. The summed E-state index contributed by atoms with van der Waals surface area (Å²) in [5.41, 5.74) is 0.802. The number of nitrogens with one attached hydrogen (secondary N) is 1. The number of fused-ring (bicyclic) bond motifs is 1. The van der Waals surface area contributed by atoms with Crippen molar-refractivity contribution in [3.05, 3.63) is 30.3 Å². The molecule has 0 radical (unpaired) electrons. The molecule has 0 aliphatic rings. The van der Waals surface area contributed by atoms with Crippen LogP contribution >= 0.6 is 0 Å². The summed E-state index contributed by atoms with van der Waals surface area (Å²) < 4.78 is 11.2. The molecule has 0 spiro atoms. The Balaban J connectivity index is 2.06. The van der Waals surface area contributed by atoms with E-state index in [1.165, 1.54) is 0 Å². The van der Waals surface area contributed by atoms with E-state index in [-0.39, 0.29) is 0 Å². The van der Waals surface area contributed by atoms with Gasteiger partial charge in [-0.05, 0) is 26.0 Å². The SMILES string of the molecule is CCNc1nc(OCC)nc(-c2cc3ccccc3o2)n1. The van der Waals surface area contributed by atoms with Crippen LogP contribution in [0.15, 0.2) is 34.7 Å². The summed E-state index contributed by atoms with van der Waals surface area (Å²) in [5, 5.41) is 4.08. The molecule has 1 N–H and O–H groups in total. The molecule has 2 heterocycles. The zero-order valence-corrected chi connectivity index (χ0v) is 12.0. The van der Waals surface area contributed by atoms with Crippen LogP contribution in [0.1, 0.15) is 13.8 Å². The van der Waals surface area contributed by atoms with Gasteiger partial charge < -0.3 is 14.5 Å². The van der Waals surface area contributed by atoms with Gasteiger partial charge in [0.1, 0.15) is 5.58 Å². The number of aromatic nitrogens is 3. The molecule has 6 heteroatoms. The Morgan fingerprint density at radius 1 is 1.14 bits per heavy atom. The molecular formula is C15H16N4O2. The highest BCUT2D eigenvalue weighted by molar-refractivity contribution is 5.81. The molecular weight excluding hydrogens is 268 g/mol. The van der Waals surface area contributed by atoms with Crippen LogP contribution in [0, 0.1) is 0 Å². The van der Waals surface area contributed by atoms with Crippen LogP contribution < -0.4 is 10.1 Å². The fraction of sp³-hybridized carbons (Fsp3) is 0.267. The second-order valence-corrected chi connectivity index (χ2v) is 4.38. The van der Waals surface area contributed by atoms with Crippen molar-refractivity contribution in [2.24, 2.45) is 0 Å². The van der Waals surface area contributed by atoms with Crippen molar-refractivity contribution in [3.63, 3.8) is 0 Å². The van der Waals surface area contributed by atoms with E-state index in [2.05, 4.69) is 20.3 Å². The van der Waals surface area contributed by atoms with Gasteiger partial charge in [0, 0.05) is 11.9 Å². The maximum absolute atomic E-state index is 5.78. The first-order chi connectivity index (χ1) is 10.3. The highest BCUT2D eigenvalue weighted by Gasteiger charge is 2.13. The first-order valence-electron chi connectivity index (χ1n) is 6.92. The Hall–Kier alpha value is -2.63. The molecule has 3 aromatic rings. The van der Waals surface area contributed by atoms with Gasteiger partial charge in [0.25, 0.3) is 0 Å². The van der Waals surface area contributed by atoms with Crippen LogP contribution in [0.25, 0.3) is 22.6 Å². The highest BCUT2D eigenvalue weighted by atomic mass is 16.5. The number of ether oxygens (including phenoxy) is 1. The number of furan rings is 1. The van der Waals surface area contributed by atoms with Gasteiger partial charge >= 0.3 is 6.01 Å². The van der Waals surface area contributed by atoms with Gasteiger partial charge in [-0.1, -0.05) is 18.2 Å². The Morgan fingerprint density at radius 2 is 2.00 bits per heavy atom. The van der Waals surface area contributed by atoms with E-state index in [0.29, 0.717) is 30.2 Å². The number of benzene rings is 1. The van der Waals surface area contributed by atoms with Gasteiger partial charge in [0.05, 0.1) is 6.61 Å². The van der Waals surface area contributed by atoms with E-state index in [1.54, 1.807) is 0 Å². The number of hydrogen-bond donors (Lipinski definition) is 1. The Morgan fingerprint density at radius 3 is 2.76 bits per heavy atom. The quantitative estimate of drug-likeness (QED) is 0.776. The average Bonchev–Trinajstić information content (AvgIpc) is 2.92. The Labute approximate surface area is 122 Å². The van der Waals surface area contributed by atoms with Crippen LogP contribution in [0.3, 0.4) is 0 Å². The van der Waals surface area contributed by atoms with Crippen LogP contribution in [-0.4, -0.2) is 28.1 Å². The van der Waals surface area contributed by atoms with Crippen molar-refractivity contribution in [3.8, 4) is 17.6 Å². The van der Waals surface area contributed by atoms with E-state index in [0.717, 1.165) is 17.5 Å². The fourth-order valence-electron chi connectivity index (χ4n) is 1.99. The zero-order valence-electron chi connectivity index (χ0n) is 12.0. The van der Waals surface area contributed by atoms with Gasteiger partial charge in [-0.25, -0.2) is 0 Å². The van der Waals surface area contributed by atoms with E-state index in [4.69, 9.17) is 9.15 Å². The molecule has 1 aromatic carbocycles. The number of nitrogens with zero attached hydrogens (tertiary/aromatic N) is 3. The summed E-state index contributed by atoms with van der Waals surface area (Å²) in [6.07, 6.45) is 0. The highest BCUT2D eigenvalue weighted by Crippen LogP contribution is 2.26. The molecule has 2 aromatic heterocycles. The standard InChI is InChI=1S/C15H16N4O2/c1-3-16-14-17-13(18-15(19-14)20-4-2)12-9-10-7-5-6-8-11(10)21-12/h5-9H,3-4H2,1-2H3,(H,16,17,18,19). The Bertz CT molecular complexity index is 697. The lowest BCUT2D eigenvalue weighted by Crippen LogP contribution is -2.07. The number of para-hydroxylation sites is 1. The molecule has 0 saturated carbocycles. The van der Waals surface area contributed by atoms with Crippen LogP contribution in [0.5, 0.6) is 6.01 Å². The lowest BCUT2D eigenvalue weighted by atomic mass is 10.2. The molecule has 0 unspecified atom stereocenters. The molecule has 0 aliphatic carbocycles.